The lowest BCUT2D eigenvalue weighted by molar-refractivity contribution is -0.152. The van der Waals surface area contributed by atoms with Gasteiger partial charge in [0.1, 0.15) is 12.6 Å². The van der Waals surface area contributed by atoms with E-state index in [-0.39, 0.29) is 30.6 Å². The normalized spacial score (nSPS) is 23.5. The number of hydrogen-bond acceptors (Lipinski definition) is 4. The molecule has 5 nitrogen and oxygen atoms in total. The topological polar surface area (TPSA) is 55.8 Å². The third kappa shape index (κ3) is 4.00. The van der Waals surface area contributed by atoms with E-state index >= 15 is 0 Å². The summed E-state index contributed by atoms with van der Waals surface area (Å²) in [7, 11) is 0. The van der Waals surface area contributed by atoms with Crippen LogP contribution in [0.1, 0.15) is 33.6 Å². The maximum atomic E-state index is 12.1. The molecule has 1 amide bonds. The summed E-state index contributed by atoms with van der Waals surface area (Å²) in [6, 6.07) is 0. The van der Waals surface area contributed by atoms with Crippen LogP contribution in [0.25, 0.3) is 0 Å². The van der Waals surface area contributed by atoms with Gasteiger partial charge in [0.25, 0.3) is 5.91 Å². The minimum absolute atomic E-state index is 0.0113. The number of esters is 1. The molecule has 0 spiro atoms. The molecular formula is C12H21NO4. The summed E-state index contributed by atoms with van der Waals surface area (Å²) in [5.41, 5.74) is 0. The Labute approximate surface area is 102 Å². The first-order chi connectivity index (χ1) is 8.08. The number of rotatable bonds is 5. The van der Waals surface area contributed by atoms with Crippen LogP contribution in [0, 0.1) is 0 Å². The van der Waals surface area contributed by atoms with Gasteiger partial charge in [-0.05, 0) is 33.6 Å². The third-order valence-electron chi connectivity index (χ3n) is 2.83. The van der Waals surface area contributed by atoms with E-state index in [1.807, 2.05) is 13.8 Å². The number of likely N-dealkylation sites (N-methyl/N-ethyl adjacent to an activating group) is 1. The molecule has 0 aromatic carbocycles. The van der Waals surface area contributed by atoms with Crippen molar-refractivity contribution in [2.24, 2.45) is 0 Å². The van der Waals surface area contributed by atoms with Crippen molar-refractivity contribution in [3.8, 4) is 0 Å². The van der Waals surface area contributed by atoms with Gasteiger partial charge >= 0.3 is 5.97 Å². The van der Waals surface area contributed by atoms with Gasteiger partial charge in [0.2, 0.25) is 0 Å². The molecule has 0 bridgehead atoms. The average molecular weight is 243 g/mol. The minimum Gasteiger partial charge on any atom is -0.465 e. The number of hydrogen-bond donors (Lipinski definition) is 0. The van der Waals surface area contributed by atoms with E-state index in [1.54, 1.807) is 6.92 Å². The van der Waals surface area contributed by atoms with Crippen LogP contribution in [0.5, 0.6) is 0 Å². The zero-order chi connectivity index (χ0) is 12.8. The zero-order valence-corrected chi connectivity index (χ0v) is 10.8. The predicted molar refractivity (Wildman–Crippen MR) is 62.5 cm³/mol. The van der Waals surface area contributed by atoms with Crippen LogP contribution in [0.4, 0.5) is 0 Å². The van der Waals surface area contributed by atoms with Crippen LogP contribution in [0.2, 0.25) is 0 Å². The Kier molecular flexibility index (Phi) is 5.41. The zero-order valence-electron chi connectivity index (χ0n) is 10.8. The van der Waals surface area contributed by atoms with Gasteiger partial charge in [0.15, 0.2) is 0 Å². The molecule has 1 aliphatic rings. The Hall–Kier alpha value is -1.10. The van der Waals surface area contributed by atoms with Gasteiger partial charge < -0.3 is 14.4 Å². The van der Waals surface area contributed by atoms with E-state index in [0.717, 1.165) is 12.8 Å². The molecule has 0 radical (unpaired) electrons. The molecular weight excluding hydrogens is 222 g/mol. The Morgan fingerprint density at radius 1 is 1.35 bits per heavy atom. The molecule has 0 N–H and O–H groups in total. The first-order valence-corrected chi connectivity index (χ1v) is 6.18. The summed E-state index contributed by atoms with van der Waals surface area (Å²) >= 11 is 0. The Balaban J connectivity index is 2.49. The lowest BCUT2D eigenvalue weighted by Crippen LogP contribution is -2.42. The number of nitrogens with zero attached hydrogens (tertiary/aromatic N) is 1. The summed E-state index contributed by atoms with van der Waals surface area (Å²) < 4.78 is 10.3. The monoisotopic (exact) mass is 243 g/mol. The number of carbonyl (C=O) groups is 2. The van der Waals surface area contributed by atoms with Crippen molar-refractivity contribution in [3.05, 3.63) is 0 Å². The molecule has 2 unspecified atom stereocenters. The van der Waals surface area contributed by atoms with Gasteiger partial charge in [-0.25, -0.2) is 0 Å². The summed E-state index contributed by atoms with van der Waals surface area (Å²) in [6.07, 6.45) is 1.37. The summed E-state index contributed by atoms with van der Waals surface area (Å²) in [6.45, 7) is 6.38. The van der Waals surface area contributed by atoms with Gasteiger partial charge in [0, 0.05) is 6.54 Å². The fourth-order valence-corrected chi connectivity index (χ4v) is 1.90. The quantitative estimate of drug-likeness (QED) is 0.675. The Morgan fingerprint density at radius 3 is 2.53 bits per heavy atom. The predicted octanol–water partition coefficient (Wildman–Crippen LogP) is 0.965. The van der Waals surface area contributed by atoms with Crippen molar-refractivity contribution >= 4 is 11.9 Å². The van der Waals surface area contributed by atoms with E-state index in [9.17, 15) is 9.59 Å². The highest BCUT2D eigenvalue weighted by atomic mass is 16.5. The van der Waals surface area contributed by atoms with E-state index in [0.29, 0.717) is 13.2 Å². The molecule has 0 saturated carbocycles. The van der Waals surface area contributed by atoms with Crippen LogP contribution in [0.15, 0.2) is 0 Å². The standard InChI is InChI=1S/C12H21NO4/c1-4-13(8-11(14)16-5-2)12(15)10-7-6-9(3)17-10/h9-10H,4-8H2,1-3H3. The van der Waals surface area contributed by atoms with E-state index in [1.165, 1.54) is 4.90 Å². The van der Waals surface area contributed by atoms with Crippen molar-refractivity contribution in [2.45, 2.75) is 45.8 Å². The highest BCUT2D eigenvalue weighted by Crippen LogP contribution is 2.20. The van der Waals surface area contributed by atoms with Crippen molar-refractivity contribution in [1.29, 1.82) is 0 Å². The molecule has 98 valence electrons. The van der Waals surface area contributed by atoms with Crippen molar-refractivity contribution in [2.75, 3.05) is 19.7 Å². The molecule has 1 heterocycles. The fourth-order valence-electron chi connectivity index (χ4n) is 1.90. The highest BCUT2D eigenvalue weighted by molar-refractivity contribution is 5.85. The van der Waals surface area contributed by atoms with Gasteiger partial charge in [-0.15, -0.1) is 0 Å². The van der Waals surface area contributed by atoms with Crippen LogP contribution in [0.3, 0.4) is 0 Å². The highest BCUT2D eigenvalue weighted by Gasteiger charge is 2.31. The second kappa shape index (κ2) is 6.59. The minimum atomic E-state index is -0.389. The molecule has 0 aromatic rings. The van der Waals surface area contributed by atoms with Crippen molar-refractivity contribution in [1.82, 2.24) is 4.90 Å². The van der Waals surface area contributed by atoms with Crippen molar-refractivity contribution < 1.29 is 19.1 Å². The maximum Gasteiger partial charge on any atom is 0.325 e. The van der Waals surface area contributed by atoms with E-state index < -0.39 is 0 Å². The van der Waals surface area contributed by atoms with Crippen LogP contribution < -0.4 is 0 Å². The molecule has 1 fully saturated rings. The molecule has 1 rings (SSSR count). The van der Waals surface area contributed by atoms with Gasteiger partial charge in [-0.3, -0.25) is 9.59 Å². The molecule has 1 aliphatic heterocycles. The number of carbonyl (C=O) groups excluding carboxylic acids is 2. The Bertz CT molecular complexity index is 280. The fraction of sp³-hybridized carbons (Fsp3) is 0.833. The first kappa shape index (κ1) is 14.0. The summed E-state index contributed by atoms with van der Waals surface area (Å²) in [5, 5.41) is 0. The van der Waals surface area contributed by atoms with Gasteiger partial charge in [0.05, 0.1) is 12.7 Å². The maximum absolute atomic E-state index is 12.1. The second-order valence-corrected chi connectivity index (χ2v) is 4.17. The molecule has 2 atom stereocenters. The number of amides is 1. The largest absolute Gasteiger partial charge is 0.465 e. The van der Waals surface area contributed by atoms with Crippen LogP contribution >= 0.6 is 0 Å². The summed E-state index contributed by atoms with van der Waals surface area (Å²) in [5.74, 6) is -0.473. The third-order valence-corrected chi connectivity index (χ3v) is 2.83. The second-order valence-electron chi connectivity index (χ2n) is 4.17. The lowest BCUT2D eigenvalue weighted by Gasteiger charge is -2.23. The molecule has 17 heavy (non-hydrogen) atoms. The first-order valence-electron chi connectivity index (χ1n) is 6.18. The smallest absolute Gasteiger partial charge is 0.325 e. The molecule has 0 aliphatic carbocycles. The average Bonchev–Trinajstić information content (AvgIpc) is 2.72. The van der Waals surface area contributed by atoms with Gasteiger partial charge in [-0.2, -0.15) is 0 Å². The summed E-state index contributed by atoms with van der Waals surface area (Å²) in [4.78, 5) is 24.9. The van der Waals surface area contributed by atoms with Crippen LogP contribution in [-0.2, 0) is 19.1 Å². The molecule has 5 heteroatoms. The van der Waals surface area contributed by atoms with E-state index in [2.05, 4.69) is 0 Å². The molecule has 0 aromatic heterocycles. The lowest BCUT2D eigenvalue weighted by atomic mass is 10.2. The SMILES string of the molecule is CCOC(=O)CN(CC)C(=O)C1CCC(C)O1. The van der Waals surface area contributed by atoms with Crippen LogP contribution in [-0.4, -0.2) is 48.7 Å². The Morgan fingerprint density at radius 2 is 2.06 bits per heavy atom. The van der Waals surface area contributed by atoms with E-state index in [4.69, 9.17) is 9.47 Å². The number of ether oxygens (including phenoxy) is 2. The molecule has 1 saturated heterocycles. The van der Waals surface area contributed by atoms with Crippen molar-refractivity contribution in [3.63, 3.8) is 0 Å². The van der Waals surface area contributed by atoms with Gasteiger partial charge in [-0.1, -0.05) is 0 Å².